The lowest BCUT2D eigenvalue weighted by molar-refractivity contribution is -0.138. The molecular weight excluding hydrogens is 654 g/mol. The summed E-state index contributed by atoms with van der Waals surface area (Å²) in [7, 11) is 0. The van der Waals surface area contributed by atoms with Crippen molar-refractivity contribution in [1.82, 2.24) is 15.6 Å². The lowest BCUT2D eigenvalue weighted by Gasteiger charge is -2.18. The molecule has 0 bridgehead atoms. The number of carboxylic acid groups (broad SMARTS) is 1. The summed E-state index contributed by atoms with van der Waals surface area (Å²) in [6, 6.07) is 22.3. The van der Waals surface area contributed by atoms with E-state index in [0.717, 1.165) is 33.3 Å². The predicted octanol–water partition coefficient (Wildman–Crippen LogP) is 5.57. The Hall–Kier alpha value is -5.69. The number of aliphatic carboxylic acids is 1. The number of hydrogen-bond donors (Lipinski definition) is 4. The van der Waals surface area contributed by atoms with Gasteiger partial charge in [0.05, 0.1) is 45.4 Å². The Morgan fingerprint density at radius 3 is 2.49 bits per heavy atom. The number of benzene rings is 3. The molecule has 1 aromatic heterocycles. The number of hydrogen-bond acceptors (Lipinski definition) is 9. The lowest BCUT2D eigenvalue weighted by Crippen LogP contribution is -2.39. The molecule has 14 nitrogen and oxygen atoms in total. The summed E-state index contributed by atoms with van der Waals surface area (Å²) in [5, 5.41) is 23.5. The van der Waals surface area contributed by atoms with Gasteiger partial charge in [0.15, 0.2) is 0 Å². The number of azide groups is 1. The number of pyridine rings is 1. The van der Waals surface area contributed by atoms with Crippen LogP contribution in [0.15, 0.2) is 84.1 Å². The van der Waals surface area contributed by atoms with Gasteiger partial charge in [-0.3, -0.25) is 14.4 Å². The van der Waals surface area contributed by atoms with Crippen molar-refractivity contribution in [1.29, 1.82) is 0 Å². The lowest BCUT2D eigenvalue weighted by atomic mass is 9.95. The fourth-order valence-electron chi connectivity index (χ4n) is 5.22. The van der Waals surface area contributed by atoms with Crippen LogP contribution in [-0.4, -0.2) is 80.5 Å². The Kier molecular flexibility index (Phi) is 15.5. The summed E-state index contributed by atoms with van der Waals surface area (Å²) in [4.78, 5) is 43.6. The zero-order chi connectivity index (χ0) is 36.3. The number of amides is 2. The standard InChI is InChI=1S/C37H43N7O7/c1-26-13-15-40-34(22-26)39-14-3-6-35(45)41-25-36(46)43-33(24-37(47)48)29-9-7-28(8-10-29)31-5-2-4-27-11-12-30(23-32(27)31)51-21-20-50-19-18-49-17-16-42-44-38/h2,4-5,7-13,15,22-23,33H,3,6,14,16-21,24-25H2,1H3,(H,39,40)(H,41,45)(H,43,46)(H,47,48). The molecule has 1 atom stereocenters. The third-order valence-corrected chi connectivity index (χ3v) is 7.71. The first-order valence-corrected chi connectivity index (χ1v) is 16.7. The first kappa shape index (κ1) is 38.1. The SMILES string of the molecule is Cc1ccnc(NCCCC(=O)NCC(=O)NC(CC(=O)O)c2ccc(-c3cccc4ccc(OCCOCCOCCN=[N+]=[N-])cc34)cc2)c1. The average molecular weight is 698 g/mol. The number of ether oxygens (including phenoxy) is 3. The molecule has 0 aliphatic heterocycles. The fourth-order valence-corrected chi connectivity index (χ4v) is 5.22. The van der Waals surface area contributed by atoms with Gasteiger partial charge in [-0.15, -0.1) is 0 Å². The van der Waals surface area contributed by atoms with Gasteiger partial charge in [0.25, 0.3) is 0 Å². The molecule has 4 rings (SSSR count). The maximum atomic E-state index is 12.7. The van der Waals surface area contributed by atoms with Crippen LogP contribution >= 0.6 is 0 Å². The van der Waals surface area contributed by atoms with Gasteiger partial charge in [-0.25, -0.2) is 4.98 Å². The van der Waals surface area contributed by atoms with Gasteiger partial charge in [-0.2, -0.15) is 0 Å². The quantitative estimate of drug-likeness (QED) is 0.0351. The molecule has 2 amide bonds. The van der Waals surface area contributed by atoms with E-state index >= 15 is 0 Å². The Bertz CT molecular complexity index is 1800. The molecule has 0 aliphatic rings. The predicted molar refractivity (Wildman–Crippen MR) is 193 cm³/mol. The minimum absolute atomic E-state index is 0.223. The molecule has 4 aromatic rings. The highest BCUT2D eigenvalue weighted by atomic mass is 16.5. The fraction of sp³-hybridized carbons (Fsp3) is 0.351. The molecule has 0 aliphatic carbocycles. The number of rotatable bonds is 22. The van der Waals surface area contributed by atoms with Crippen molar-refractivity contribution in [3.05, 3.63) is 101 Å². The van der Waals surface area contributed by atoms with Gasteiger partial charge < -0.3 is 35.3 Å². The van der Waals surface area contributed by atoms with Crippen LogP contribution < -0.4 is 20.7 Å². The van der Waals surface area contributed by atoms with Crippen LogP contribution in [0.4, 0.5) is 5.82 Å². The second-order valence-electron chi connectivity index (χ2n) is 11.6. The summed E-state index contributed by atoms with van der Waals surface area (Å²) in [5.41, 5.74) is 11.8. The summed E-state index contributed by atoms with van der Waals surface area (Å²) in [6.07, 6.45) is 2.17. The number of aromatic nitrogens is 1. The van der Waals surface area contributed by atoms with Gasteiger partial charge in [-0.05, 0) is 76.2 Å². The van der Waals surface area contributed by atoms with Gasteiger partial charge in [0.2, 0.25) is 11.8 Å². The molecule has 14 heteroatoms. The van der Waals surface area contributed by atoms with Crippen LogP contribution in [-0.2, 0) is 23.9 Å². The van der Waals surface area contributed by atoms with E-state index in [0.29, 0.717) is 57.3 Å². The minimum Gasteiger partial charge on any atom is -0.491 e. The van der Waals surface area contributed by atoms with E-state index in [2.05, 4.69) is 31.0 Å². The number of carboxylic acids is 1. The highest BCUT2D eigenvalue weighted by Crippen LogP contribution is 2.32. The molecular formula is C37H43N7O7. The van der Waals surface area contributed by atoms with Crippen LogP contribution in [0, 0.1) is 6.92 Å². The van der Waals surface area contributed by atoms with Crippen LogP contribution in [0.5, 0.6) is 5.75 Å². The molecule has 3 aromatic carbocycles. The van der Waals surface area contributed by atoms with Crippen molar-refractivity contribution in [2.24, 2.45) is 5.11 Å². The molecule has 1 unspecified atom stereocenters. The van der Waals surface area contributed by atoms with E-state index < -0.39 is 17.9 Å². The Morgan fingerprint density at radius 2 is 1.73 bits per heavy atom. The Morgan fingerprint density at radius 1 is 0.941 bits per heavy atom. The van der Waals surface area contributed by atoms with E-state index in [-0.39, 0.29) is 31.8 Å². The van der Waals surface area contributed by atoms with E-state index in [1.54, 1.807) is 18.3 Å². The normalized spacial score (nSPS) is 11.3. The van der Waals surface area contributed by atoms with E-state index in [9.17, 15) is 19.5 Å². The van der Waals surface area contributed by atoms with E-state index in [1.165, 1.54) is 0 Å². The van der Waals surface area contributed by atoms with E-state index in [4.69, 9.17) is 19.7 Å². The number of carbonyl (C=O) groups excluding carboxylic acids is 2. The van der Waals surface area contributed by atoms with Crippen LogP contribution in [0.2, 0.25) is 0 Å². The third kappa shape index (κ3) is 13.3. The second kappa shape index (κ2) is 20.7. The number of fused-ring (bicyclic) bond motifs is 1. The molecule has 268 valence electrons. The van der Waals surface area contributed by atoms with Crippen molar-refractivity contribution in [2.45, 2.75) is 32.2 Å². The summed E-state index contributed by atoms with van der Waals surface area (Å²) in [5.74, 6) is -0.396. The van der Waals surface area contributed by atoms with Gasteiger partial charge in [-0.1, -0.05) is 53.6 Å². The zero-order valence-electron chi connectivity index (χ0n) is 28.5. The average Bonchev–Trinajstić information content (AvgIpc) is 3.12. The summed E-state index contributed by atoms with van der Waals surface area (Å²) >= 11 is 0. The monoisotopic (exact) mass is 697 g/mol. The van der Waals surface area contributed by atoms with Crippen LogP contribution in [0.1, 0.15) is 36.4 Å². The molecule has 0 radical (unpaired) electrons. The summed E-state index contributed by atoms with van der Waals surface area (Å²) in [6.45, 7) is 4.42. The van der Waals surface area contributed by atoms with Gasteiger partial charge >= 0.3 is 5.97 Å². The highest BCUT2D eigenvalue weighted by molar-refractivity contribution is 5.97. The third-order valence-electron chi connectivity index (χ3n) is 7.71. The topological polar surface area (TPSA) is 197 Å². The molecule has 0 saturated heterocycles. The Balaban J connectivity index is 1.28. The van der Waals surface area contributed by atoms with Crippen molar-refractivity contribution in [3.8, 4) is 16.9 Å². The molecule has 51 heavy (non-hydrogen) atoms. The van der Waals surface area contributed by atoms with Crippen molar-refractivity contribution >= 4 is 34.4 Å². The molecule has 0 saturated carbocycles. The maximum absolute atomic E-state index is 12.7. The second-order valence-corrected chi connectivity index (χ2v) is 11.6. The van der Waals surface area contributed by atoms with Crippen molar-refractivity contribution < 1.29 is 33.7 Å². The molecule has 0 fully saturated rings. The van der Waals surface area contributed by atoms with Crippen molar-refractivity contribution in [3.63, 3.8) is 0 Å². The smallest absolute Gasteiger partial charge is 0.305 e. The number of aryl methyl sites for hydroxylation is 1. The number of carbonyl (C=O) groups is 3. The first-order chi connectivity index (χ1) is 24.8. The summed E-state index contributed by atoms with van der Waals surface area (Å²) < 4.78 is 16.8. The number of nitrogens with zero attached hydrogens (tertiary/aromatic N) is 4. The zero-order valence-corrected chi connectivity index (χ0v) is 28.5. The van der Waals surface area contributed by atoms with Gasteiger partial charge in [0.1, 0.15) is 18.2 Å². The van der Waals surface area contributed by atoms with Crippen LogP contribution in [0.3, 0.4) is 0 Å². The molecule has 0 spiro atoms. The Labute approximate surface area is 296 Å². The number of anilines is 1. The van der Waals surface area contributed by atoms with E-state index in [1.807, 2.05) is 67.6 Å². The minimum atomic E-state index is -1.06. The first-order valence-electron chi connectivity index (χ1n) is 16.7. The van der Waals surface area contributed by atoms with Crippen LogP contribution in [0.25, 0.3) is 32.3 Å². The molecule has 4 N–H and O–H groups in total. The number of nitrogens with one attached hydrogen (secondary N) is 3. The molecule has 1 heterocycles. The van der Waals surface area contributed by atoms with Crippen molar-refractivity contribution in [2.75, 3.05) is 58.0 Å². The maximum Gasteiger partial charge on any atom is 0.305 e. The largest absolute Gasteiger partial charge is 0.491 e. The highest BCUT2D eigenvalue weighted by Gasteiger charge is 2.19. The van der Waals surface area contributed by atoms with Gasteiger partial charge in [0, 0.05) is 30.6 Å².